The Morgan fingerprint density at radius 1 is 0.974 bits per heavy atom. The second kappa shape index (κ2) is 12.8. The van der Waals surface area contributed by atoms with E-state index >= 15 is 0 Å². The number of nitrogens with zero attached hydrogens (tertiary/aromatic N) is 1. The first-order valence-corrected chi connectivity index (χ1v) is 11.1. The number of rotatable bonds is 2. The van der Waals surface area contributed by atoms with Crippen molar-refractivity contribution < 1.29 is 55.6 Å². The van der Waals surface area contributed by atoms with E-state index in [-0.39, 0.29) is 11.2 Å². The Hall–Kier alpha value is -2.87. The lowest BCUT2D eigenvalue weighted by molar-refractivity contribution is -0.156. The van der Waals surface area contributed by atoms with Crippen molar-refractivity contribution in [3.8, 4) is 0 Å². The van der Waals surface area contributed by atoms with Crippen molar-refractivity contribution in [1.29, 1.82) is 0 Å². The Kier molecular flexibility index (Phi) is 11.2. The van der Waals surface area contributed by atoms with Crippen molar-refractivity contribution in [2.45, 2.75) is 65.8 Å². The minimum atomic E-state index is -4.48. The molecule has 1 aliphatic heterocycles. The first-order chi connectivity index (χ1) is 17.2. The third-order valence-corrected chi connectivity index (χ3v) is 5.32. The molecule has 0 radical (unpaired) electrons. The molecular weight excluding hydrogens is 519 g/mol. The zero-order chi connectivity index (χ0) is 29.6. The van der Waals surface area contributed by atoms with Crippen LogP contribution < -0.4 is 10.9 Å². The van der Waals surface area contributed by atoms with Gasteiger partial charge in [-0.25, -0.2) is 13.8 Å². The molecule has 2 heterocycles. The maximum absolute atomic E-state index is 12.8. The van der Waals surface area contributed by atoms with Crippen LogP contribution in [0.2, 0.25) is 0 Å². The van der Waals surface area contributed by atoms with E-state index in [9.17, 15) is 31.5 Å². The van der Waals surface area contributed by atoms with Gasteiger partial charge < -0.3 is 24.1 Å². The highest BCUT2D eigenvalue weighted by Crippen LogP contribution is 2.37. The van der Waals surface area contributed by atoms with E-state index in [4.69, 9.17) is 19.4 Å². The van der Waals surface area contributed by atoms with E-state index in [0.717, 1.165) is 18.2 Å². The minimum Gasteiger partial charge on any atom is -0.423 e. The Morgan fingerprint density at radius 3 is 1.84 bits per heavy atom. The molecule has 0 saturated carbocycles. The third-order valence-electron chi connectivity index (χ3n) is 5.32. The van der Waals surface area contributed by atoms with Gasteiger partial charge >= 0.3 is 32.4 Å². The normalized spacial score (nSPS) is 15.5. The lowest BCUT2D eigenvalue weighted by atomic mass is 9.79. The van der Waals surface area contributed by atoms with Gasteiger partial charge in [-0.3, -0.25) is 9.59 Å². The average Bonchev–Trinajstić information content (AvgIpc) is 2.93. The summed E-state index contributed by atoms with van der Waals surface area (Å²) in [7, 11) is -2.71. The number of aromatic nitrogens is 1. The fourth-order valence-electron chi connectivity index (χ4n) is 2.87. The molecule has 0 aliphatic carbocycles. The van der Waals surface area contributed by atoms with E-state index in [2.05, 4.69) is 9.72 Å². The summed E-state index contributed by atoms with van der Waals surface area (Å²) in [5.41, 5.74) is -1.82. The fourth-order valence-corrected chi connectivity index (χ4v) is 2.87. The van der Waals surface area contributed by atoms with Crippen molar-refractivity contribution in [1.82, 2.24) is 4.98 Å². The molecule has 0 unspecified atom stereocenters. The second-order valence-corrected chi connectivity index (χ2v) is 9.14. The maximum Gasteiger partial charge on any atom is 0.494 e. The third kappa shape index (κ3) is 9.78. The monoisotopic (exact) mass is 547 g/mol. The van der Waals surface area contributed by atoms with Gasteiger partial charge in [0.1, 0.15) is 17.3 Å². The van der Waals surface area contributed by atoms with Crippen LogP contribution in [0, 0.1) is 18.6 Å². The number of halogens is 5. The van der Waals surface area contributed by atoms with Gasteiger partial charge in [0.2, 0.25) is 0 Å². The highest BCUT2D eigenvalue weighted by Gasteiger charge is 2.52. The molecule has 1 aromatic carbocycles. The first kappa shape index (κ1) is 33.2. The number of ether oxygens (including phenoxy) is 1. The molecular formula is C23H28B2F5NO7. The van der Waals surface area contributed by atoms with Crippen molar-refractivity contribution >= 4 is 37.1 Å². The van der Waals surface area contributed by atoms with Gasteiger partial charge in [0, 0.05) is 31.1 Å². The number of alkyl halides is 3. The number of benzene rings is 1. The van der Waals surface area contributed by atoms with Crippen LogP contribution in [0.15, 0.2) is 30.3 Å². The largest absolute Gasteiger partial charge is 0.494 e. The number of hydrogen-bond acceptors (Lipinski definition) is 8. The molecule has 208 valence electrons. The van der Waals surface area contributed by atoms with Crippen LogP contribution in [0.4, 0.5) is 22.0 Å². The van der Waals surface area contributed by atoms with Gasteiger partial charge in [0.15, 0.2) is 0 Å². The SMILES string of the molecule is CC(=O)OC(C)=O.Cc1cc(B2OC(C)(C)C(C)(C)O2)cc(C(F)(F)F)n1.OB(O)c1ccc(F)cc1F. The highest BCUT2D eigenvalue weighted by molar-refractivity contribution is 6.62. The van der Waals surface area contributed by atoms with Gasteiger partial charge in [-0.1, -0.05) is 6.07 Å². The topological polar surface area (TPSA) is 115 Å². The number of carbonyl (C=O) groups excluding carboxylic acids is 2. The second-order valence-electron chi connectivity index (χ2n) is 9.14. The molecule has 2 N–H and O–H groups in total. The summed E-state index contributed by atoms with van der Waals surface area (Å²) < 4.78 is 78.6. The van der Waals surface area contributed by atoms with E-state index in [1.807, 2.05) is 27.7 Å². The molecule has 0 amide bonds. The van der Waals surface area contributed by atoms with E-state index < -0.39 is 60.9 Å². The summed E-state index contributed by atoms with van der Waals surface area (Å²) in [5, 5.41) is 17.0. The Morgan fingerprint density at radius 2 is 1.47 bits per heavy atom. The summed E-state index contributed by atoms with van der Waals surface area (Å²) in [6.45, 7) is 11.3. The predicted octanol–water partition coefficient (Wildman–Crippen LogP) is 2.45. The maximum atomic E-state index is 12.8. The lowest BCUT2D eigenvalue weighted by Crippen LogP contribution is -2.41. The van der Waals surface area contributed by atoms with Crippen molar-refractivity contribution in [2.75, 3.05) is 0 Å². The van der Waals surface area contributed by atoms with Gasteiger partial charge in [0.25, 0.3) is 0 Å². The van der Waals surface area contributed by atoms with E-state index in [0.29, 0.717) is 11.5 Å². The summed E-state index contributed by atoms with van der Waals surface area (Å²) in [6, 6.07) is 5.06. The molecule has 3 rings (SSSR count). The van der Waals surface area contributed by atoms with Gasteiger partial charge in [-0.05, 0) is 58.3 Å². The highest BCUT2D eigenvalue weighted by atomic mass is 19.4. The minimum absolute atomic E-state index is 0.282. The number of aryl methyl sites for hydroxylation is 1. The standard InChI is InChI=1S/C13H17BF3NO2.C6H5BF2O2.C4H6O3/c1-8-6-9(7-10(18-8)13(15,16)17)14-19-11(2,3)12(4,5)20-14;8-4-1-2-5(7(10)11)6(9)3-4;1-3(5)7-4(2)6/h6-7H,1-5H3;1-3,10-11H;1-2H3. The molecule has 2 aromatic rings. The summed E-state index contributed by atoms with van der Waals surface area (Å²) in [5.74, 6) is -2.83. The van der Waals surface area contributed by atoms with Crippen LogP contribution in [-0.2, 0) is 29.8 Å². The van der Waals surface area contributed by atoms with Crippen LogP contribution in [0.25, 0.3) is 0 Å². The predicted molar refractivity (Wildman–Crippen MR) is 128 cm³/mol. The molecule has 1 fully saturated rings. The van der Waals surface area contributed by atoms with Crippen molar-refractivity contribution in [3.05, 3.63) is 53.4 Å². The molecule has 15 heteroatoms. The van der Waals surface area contributed by atoms with E-state index in [1.165, 1.54) is 20.8 Å². The van der Waals surface area contributed by atoms with Gasteiger partial charge in [-0.15, -0.1) is 0 Å². The van der Waals surface area contributed by atoms with Gasteiger partial charge in [-0.2, -0.15) is 13.2 Å². The first-order valence-electron chi connectivity index (χ1n) is 11.1. The zero-order valence-electron chi connectivity index (χ0n) is 21.8. The van der Waals surface area contributed by atoms with Crippen LogP contribution in [-0.4, -0.2) is 52.4 Å². The zero-order valence-corrected chi connectivity index (χ0v) is 21.8. The molecule has 1 aromatic heterocycles. The number of esters is 2. The van der Waals surface area contributed by atoms with Crippen LogP contribution in [0.3, 0.4) is 0 Å². The van der Waals surface area contributed by atoms with Gasteiger partial charge in [0.05, 0.1) is 11.2 Å². The Balaban J connectivity index is 0.000000336. The Labute approximate surface area is 217 Å². The van der Waals surface area contributed by atoms with Crippen molar-refractivity contribution in [3.63, 3.8) is 0 Å². The quantitative estimate of drug-likeness (QED) is 0.255. The molecule has 0 atom stereocenters. The smallest absolute Gasteiger partial charge is 0.423 e. The van der Waals surface area contributed by atoms with Crippen LogP contribution in [0.5, 0.6) is 0 Å². The fraction of sp³-hybridized carbons (Fsp3) is 0.435. The van der Waals surface area contributed by atoms with Crippen molar-refractivity contribution in [2.24, 2.45) is 0 Å². The molecule has 1 aliphatic rings. The van der Waals surface area contributed by atoms with E-state index in [1.54, 1.807) is 6.07 Å². The molecule has 0 spiro atoms. The van der Waals surface area contributed by atoms with Crippen LogP contribution in [0.1, 0.15) is 52.9 Å². The number of pyridine rings is 1. The summed E-state index contributed by atoms with van der Waals surface area (Å²) >= 11 is 0. The average molecular weight is 547 g/mol. The molecule has 38 heavy (non-hydrogen) atoms. The summed E-state index contributed by atoms with van der Waals surface area (Å²) in [4.78, 5) is 23.1. The number of carbonyl (C=O) groups is 2. The number of hydrogen-bond donors (Lipinski definition) is 2. The Bertz CT molecular complexity index is 1120. The molecule has 8 nitrogen and oxygen atoms in total. The van der Waals surface area contributed by atoms with Crippen LogP contribution >= 0.6 is 0 Å². The lowest BCUT2D eigenvalue weighted by Gasteiger charge is -2.32. The summed E-state index contributed by atoms with van der Waals surface area (Å²) in [6.07, 6.45) is -4.48. The molecule has 0 bridgehead atoms. The molecule has 1 saturated heterocycles.